The molecule has 3 rings (SSSR count). The van der Waals surface area contributed by atoms with Crippen molar-refractivity contribution in [2.24, 2.45) is 0 Å². The van der Waals surface area contributed by atoms with Crippen molar-refractivity contribution in [1.82, 2.24) is 14.8 Å². The van der Waals surface area contributed by atoms with E-state index in [0.717, 1.165) is 0 Å². The molecule has 1 saturated heterocycles. The first-order chi connectivity index (χ1) is 11.6. The molecule has 6 heteroatoms. The Morgan fingerprint density at radius 2 is 1.54 bits per heavy atom. The van der Waals surface area contributed by atoms with Crippen molar-refractivity contribution in [3.63, 3.8) is 0 Å². The lowest BCUT2D eigenvalue weighted by Gasteiger charge is -2.22. The summed E-state index contributed by atoms with van der Waals surface area (Å²) in [4.78, 5) is 32.5. The highest BCUT2D eigenvalue weighted by molar-refractivity contribution is 5.94. The summed E-state index contributed by atoms with van der Waals surface area (Å²) in [6.07, 6.45) is 2.29. The van der Waals surface area contributed by atoms with Gasteiger partial charge in [0.25, 0.3) is 11.8 Å². The number of amides is 2. The standard InChI is InChI=1S/C18H18FN3O2/c19-15-7-5-14(6-8-15)17(23)21-10-3-11-22(13-12-21)18(24)16-4-1-2-9-20-16/h1-2,4-9H,3,10-13H2. The number of halogens is 1. The number of hydrogen-bond donors (Lipinski definition) is 0. The molecule has 1 aliphatic rings. The van der Waals surface area contributed by atoms with Crippen LogP contribution in [-0.2, 0) is 0 Å². The van der Waals surface area contributed by atoms with E-state index < -0.39 is 0 Å². The van der Waals surface area contributed by atoms with Gasteiger partial charge in [0.2, 0.25) is 0 Å². The van der Waals surface area contributed by atoms with Crippen molar-refractivity contribution in [2.45, 2.75) is 6.42 Å². The van der Waals surface area contributed by atoms with Crippen molar-refractivity contribution in [3.8, 4) is 0 Å². The minimum atomic E-state index is -0.366. The van der Waals surface area contributed by atoms with Crippen LogP contribution in [0.5, 0.6) is 0 Å². The fourth-order valence-electron chi connectivity index (χ4n) is 2.75. The fourth-order valence-corrected chi connectivity index (χ4v) is 2.75. The van der Waals surface area contributed by atoms with Gasteiger partial charge >= 0.3 is 0 Å². The van der Waals surface area contributed by atoms with Gasteiger partial charge in [-0.05, 0) is 42.8 Å². The highest BCUT2D eigenvalue weighted by atomic mass is 19.1. The molecule has 5 nitrogen and oxygen atoms in total. The van der Waals surface area contributed by atoms with Crippen LogP contribution in [-0.4, -0.2) is 52.8 Å². The second kappa shape index (κ2) is 7.21. The van der Waals surface area contributed by atoms with E-state index in [-0.39, 0.29) is 17.6 Å². The van der Waals surface area contributed by atoms with Crippen molar-refractivity contribution in [1.29, 1.82) is 0 Å². The van der Waals surface area contributed by atoms with E-state index in [0.29, 0.717) is 43.9 Å². The van der Waals surface area contributed by atoms with E-state index in [2.05, 4.69) is 4.98 Å². The van der Waals surface area contributed by atoms with E-state index in [9.17, 15) is 14.0 Å². The topological polar surface area (TPSA) is 53.5 Å². The number of carbonyl (C=O) groups excluding carboxylic acids is 2. The van der Waals surface area contributed by atoms with Gasteiger partial charge in [-0.3, -0.25) is 14.6 Å². The summed E-state index contributed by atoms with van der Waals surface area (Å²) in [6, 6.07) is 10.8. The number of nitrogens with zero attached hydrogens (tertiary/aromatic N) is 3. The molecule has 0 aliphatic carbocycles. The average molecular weight is 327 g/mol. The third-order valence-electron chi connectivity index (χ3n) is 4.05. The molecule has 1 aromatic heterocycles. The number of carbonyl (C=O) groups is 2. The first kappa shape index (κ1) is 16.1. The first-order valence-corrected chi connectivity index (χ1v) is 7.90. The van der Waals surface area contributed by atoms with Crippen molar-refractivity contribution < 1.29 is 14.0 Å². The molecule has 2 aromatic rings. The van der Waals surface area contributed by atoms with Crippen molar-refractivity contribution >= 4 is 11.8 Å². The van der Waals surface area contributed by atoms with Crippen LogP contribution in [0.15, 0.2) is 48.7 Å². The van der Waals surface area contributed by atoms with Gasteiger partial charge in [0.15, 0.2) is 0 Å². The average Bonchev–Trinajstić information content (AvgIpc) is 2.88. The normalized spacial score (nSPS) is 15.0. The highest BCUT2D eigenvalue weighted by Crippen LogP contribution is 2.12. The summed E-state index contributed by atoms with van der Waals surface area (Å²) in [6.45, 7) is 2.07. The van der Waals surface area contributed by atoms with Gasteiger partial charge in [0, 0.05) is 37.9 Å². The van der Waals surface area contributed by atoms with Gasteiger partial charge in [-0.1, -0.05) is 6.07 Å². The lowest BCUT2D eigenvalue weighted by molar-refractivity contribution is 0.0715. The Balaban J connectivity index is 1.65. The molecule has 0 saturated carbocycles. The number of aromatic nitrogens is 1. The Hall–Kier alpha value is -2.76. The second-order valence-corrected chi connectivity index (χ2v) is 5.66. The van der Waals surface area contributed by atoms with Gasteiger partial charge in [-0.2, -0.15) is 0 Å². The van der Waals surface area contributed by atoms with Crippen molar-refractivity contribution in [2.75, 3.05) is 26.2 Å². The van der Waals surface area contributed by atoms with Crippen LogP contribution in [0, 0.1) is 5.82 Å². The van der Waals surface area contributed by atoms with Gasteiger partial charge in [-0.25, -0.2) is 4.39 Å². The molecule has 2 heterocycles. The molecule has 1 aliphatic heterocycles. The van der Waals surface area contributed by atoms with E-state index in [1.54, 1.807) is 34.2 Å². The third-order valence-corrected chi connectivity index (χ3v) is 4.05. The molecule has 2 amide bonds. The van der Waals surface area contributed by atoms with E-state index in [4.69, 9.17) is 0 Å². The zero-order valence-corrected chi connectivity index (χ0v) is 13.2. The second-order valence-electron chi connectivity index (χ2n) is 5.66. The molecule has 1 aromatic carbocycles. The van der Waals surface area contributed by atoms with Crippen LogP contribution in [0.4, 0.5) is 4.39 Å². The predicted octanol–water partition coefficient (Wildman–Crippen LogP) is 2.21. The molecule has 0 atom stereocenters. The molecule has 0 unspecified atom stereocenters. The molecule has 1 fully saturated rings. The number of rotatable bonds is 2. The smallest absolute Gasteiger partial charge is 0.272 e. The van der Waals surface area contributed by atoms with Gasteiger partial charge in [0.05, 0.1) is 0 Å². The summed E-state index contributed by atoms with van der Waals surface area (Å²) >= 11 is 0. The van der Waals surface area contributed by atoms with E-state index in [1.807, 2.05) is 0 Å². The monoisotopic (exact) mass is 327 g/mol. The SMILES string of the molecule is O=C(c1ccc(F)cc1)N1CCCN(C(=O)c2ccccn2)CC1. The molecular weight excluding hydrogens is 309 g/mol. The Bertz CT molecular complexity index is 719. The van der Waals surface area contributed by atoms with E-state index >= 15 is 0 Å². The summed E-state index contributed by atoms with van der Waals surface area (Å²) in [5.74, 6) is -0.622. The lowest BCUT2D eigenvalue weighted by Crippen LogP contribution is -2.37. The number of pyridine rings is 1. The maximum Gasteiger partial charge on any atom is 0.272 e. The Labute approximate surface area is 139 Å². The molecule has 24 heavy (non-hydrogen) atoms. The molecule has 0 N–H and O–H groups in total. The Kier molecular flexibility index (Phi) is 4.84. The van der Waals surface area contributed by atoms with Gasteiger partial charge in [-0.15, -0.1) is 0 Å². The maximum atomic E-state index is 13.0. The fraction of sp³-hybridized carbons (Fsp3) is 0.278. The third kappa shape index (κ3) is 3.59. The van der Waals surface area contributed by atoms with Crippen molar-refractivity contribution in [3.05, 3.63) is 65.7 Å². The molecule has 0 radical (unpaired) electrons. The molecule has 0 spiro atoms. The summed E-state index contributed by atoms with van der Waals surface area (Å²) < 4.78 is 13.0. The molecule has 124 valence electrons. The van der Waals surface area contributed by atoms with E-state index in [1.165, 1.54) is 24.3 Å². The molecular formula is C18H18FN3O2. The predicted molar refractivity (Wildman–Crippen MR) is 87.1 cm³/mol. The summed E-state index contributed by atoms with van der Waals surface area (Å²) in [5, 5.41) is 0. The van der Waals surface area contributed by atoms with Gasteiger partial charge < -0.3 is 9.80 Å². The lowest BCUT2D eigenvalue weighted by atomic mass is 10.2. The quantitative estimate of drug-likeness (QED) is 0.850. The largest absolute Gasteiger partial charge is 0.337 e. The minimum absolute atomic E-state index is 0.119. The molecule has 0 bridgehead atoms. The minimum Gasteiger partial charge on any atom is -0.337 e. The van der Waals surface area contributed by atoms with Crippen LogP contribution in [0.25, 0.3) is 0 Å². The zero-order chi connectivity index (χ0) is 16.9. The van der Waals surface area contributed by atoms with Crippen LogP contribution in [0.1, 0.15) is 27.3 Å². The Morgan fingerprint density at radius 3 is 2.17 bits per heavy atom. The first-order valence-electron chi connectivity index (χ1n) is 7.90. The Morgan fingerprint density at radius 1 is 0.875 bits per heavy atom. The summed E-state index contributed by atoms with van der Waals surface area (Å²) in [5.41, 5.74) is 0.872. The van der Waals surface area contributed by atoms with Crippen LogP contribution >= 0.6 is 0 Å². The van der Waals surface area contributed by atoms with Crippen LogP contribution in [0.2, 0.25) is 0 Å². The summed E-state index contributed by atoms with van der Waals surface area (Å²) in [7, 11) is 0. The number of benzene rings is 1. The van der Waals surface area contributed by atoms with Gasteiger partial charge in [0.1, 0.15) is 11.5 Å². The highest BCUT2D eigenvalue weighted by Gasteiger charge is 2.23. The zero-order valence-electron chi connectivity index (χ0n) is 13.2. The van der Waals surface area contributed by atoms with Crippen LogP contribution < -0.4 is 0 Å². The number of hydrogen-bond acceptors (Lipinski definition) is 3. The van der Waals surface area contributed by atoms with Crippen LogP contribution in [0.3, 0.4) is 0 Å². The maximum absolute atomic E-state index is 13.0.